The topological polar surface area (TPSA) is 66.2 Å². The second kappa shape index (κ2) is 6.26. The van der Waals surface area contributed by atoms with Crippen molar-refractivity contribution in [3.05, 3.63) is 68.1 Å². The molecule has 0 fully saturated rings. The van der Waals surface area contributed by atoms with Gasteiger partial charge in [-0.15, -0.1) is 0 Å². The fraction of sp³-hybridized carbons (Fsp3) is 0.350. The number of hydrogen-bond donors (Lipinski definition) is 0. The minimum atomic E-state index is -0.352. The SMILES string of the molecule is CCCn1c(C)cn2c3c(=O)n(Cc4ccccc4C)c(=O)n(C)c3nc12. The van der Waals surface area contributed by atoms with Crippen molar-refractivity contribution in [3.63, 3.8) is 0 Å². The standard InChI is InChI=1S/C20H23N5O2/c1-5-10-23-14(3)11-24-16-17(21-19(23)24)22(4)20(27)25(18(16)26)12-15-9-7-6-8-13(15)2/h6-9,11H,5,10,12H2,1-4H3. The zero-order valence-electron chi connectivity index (χ0n) is 16.1. The third-order valence-electron chi connectivity index (χ3n) is 5.18. The predicted octanol–water partition coefficient (Wildman–Crippen LogP) is 2.22. The van der Waals surface area contributed by atoms with Crippen molar-refractivity contribution in [1.29, 1.82) is 0 Å². The van der Waals surface area contributed by atoms with Crippen molar-refractivity contribution in [3.8, 4) is 0 Å². The van der Waals surface area contributed by atoms with E-state index in [1.165, 1.54) is 9.13 Å². The number of rotatable bonds is 4. The largest absolute Gasteiger partial charge is 0.332 e. The lowest BCUT2D eigenvalue weighted by atomic mass is 10.1. The number of benzene rings is 1. The molecule has 0 unspecified atom stereocenters. The molecule has 4 aromatic rings. The average Bonchev–Trinajstić information content (AvgIpc) is 3.15. The summed E-state index contributed by atoms with van der Waals surface area (Å²) in [5.41, 5.74) is 3.25. The van der Waals surface area contributed by atoms with Crippen LogP contribution in [0, 0.1) is 13.8 Å². The molecule has 0 aliphatic rings. The van der Waals surface area contributed by atoms with Gasteiger partial charge in [-0.25, -0.2) is 4.79 Å². The van der Waals surface area contributed by atoms with E-state index in [4.69, 9.17) is 0 Å². The van der Waals surface area contributed by atoms with Gasteiger partial charge in [-0.1, -0.05) is 31.2 Å². The molecule has 0 saturated heterocycles. The van der Waals surface area contributed by atoms with Gasteiger partial charge >= 0.3 is 5.69 Å². The van der Waals surface area contributed by atoms with Crippen molar-refractivity contribution in [1.82, 2.24) is 23.1 Å². The Morgan fingerprint density at radius 1 is 1.07 bits per heavy atom. The quantitative estimate of drug-likeness (QED) is 0.557. The van der Waals surface area contributed by atoms with E-state index in [2.05, 4.69) is 16.5 Å². The maximum Gasteiger partial charge on any atom is 0.332 e. The van der Waals surface area contributed by atoms with Crippen LogP contribution in [-0.4, -0.2) is 23.1 Å². The van der Waals surface area contributed by atoms with E-state index >= 15 is 0 Å². The summed E-state index contributed by atoms with van der Waals surface area (Å²) in [6.07, 6.45) is 2.88. The summed E-state index contributed by atoms with van der Waals surface area (Å²) < 4.78 is 6.66. The Labute approximate surface area is 156 Å². The zero-order valence-corrected chi connectivity index (χ0v) is 16.1. The Kier molecular flexibility index (Phi) is 4.02. The van der Waals surface area contributed by atoms with E-state index in [0.717, 1.165) is 29.8 Å². The maximum atomic E-state index is 13.3. The van der Waals surface area contributed by atoms with E-state index in [9.17, 15) is 9.59 Å². The summed E-state index contributed by atoms with van der Waals surface area (Å²) in [6.45, 7) is 7.15. The van der Waals surface area contributed by atoms with Crippen molar-refractivity contribution < 1.29 is 0 Å². The van der Waals surface area contributed by atoms with Crippen LogP contribution in [0.1, 0.15) is 30.2 Å². The van der Waals surface area contributed by atoms with Crippen LogP contribution in [0.15, 0.2) is 40.1 Å². The molecule has 3 aromatic heterocycles. The molecule has 0 N–H and O–H groups in total. The Bertz CT molecular complexity index is 1290. The molecule has 0 aliphatic carbocycles. The Morgan fingerprint density at radius 2 is 1.81 bits per heavy atom. The van der Waals surface area contributed by atoms with Gasteiger partial charge < -0.3 is 4.57 Å². The van der Waals surface area contributed by atoms with Crippen molar-refractivity contribution in [2.45, 2.75) is 40.3 Å². The van der Waals surface area contributed by atoms with Gasteiger partial charge in [-0.3, -0.25) is 18.3 Å². The number of fused-ring (bicyclic) bond motifs is 3. The Hall–Kier alpha value is -3.09. The summed E-state index contributed by atoms with van der Waals surface area (Å²) in [4.78, 5) is 30.7. The van der Waals surface area contributed by atoms with E-state index in [1.807, 2.05) is 48.7 Å². The molecule has 0 saturated carbocycles. The third kappa shape index (κ3) is 2.53. The molecule has 0 spiro atoms. The maximum absolute atomic E-state index is 13.3. The van der Waals surface area contributed by atoms with Crippen molar-refractivity contribution in [2.24, 2.45) is 7.05 Å². The number of imidazole rings is 2. The van der Waals surface area contributed by atoms with Crippen LogP contribution in [0.3, 0.4) is 0 Å². The molecular formula is C20H23N5O2. The first kappa shape index (κ1) is 17.3. The van der Waals surface area contributed by atoms with Crippen LogP contribution in [-0.2, 0) is 20.1 Å². The van der Waals surface area contributed by atoms with E-state index < -0.39 is 0 Å². The number of hydrogen-bond acceptors (Lipinski definition) is 3. The minimum Gasteiger partial charge on any atom is -0.314 e. The molecule has 0 radical (unpaired) electrons. The lowest BCUT2D eigenvalue weighted by Gasteiger charge is -2.10. The lowest BCUT2D eigenvalue weighted by Crippen LogP contribution is -2.39. The lowest BCUT2D eigenvalue weighted by molar-refractivity contribution is 0.654. The van der Waals surface area contributed by atoms with Crippen LogP contribution in [0.4, 0.5) is 0 Å². The molecule has 1 aromatic carbocycles. The smallest absolute Gasteiger partial charge is 0.314 e. The van der Waals surface area contributed by atoms with Gasteiger partial charge in [-0.2, -0.15) is 4.98 Å². The van der Waals surface area contributed by atoms with Crippen LogP contribution in [0.2, 0.25) is 0 Å². The highest BCUT2D eigenvalue weighted by molar-refractivity contribution is 5.75. The Balaban J connectivity index is 2.03. The molecule has 0 bridgehead atoms. The van der Waals surface area contributed by atoms with Crippen molar-refractivity contribution >= 4 is 16.9 Å². The molecule has 140 valence electrons. The van der Waals surface area contributed by atoms with Crippen LogP contribution in [0.25, 0.3) is 16.9 Å². The molecule has 0 atom stereocenters. The molecular weight excluding hydrogens is 342 g/mol. The summed E-state index contributed by atoms with van der Waals surface area (Å²) >= 11 is 0. The van der Waals surface area contributed by atoms with E-state index in [-0.39, 0.29) is 17.8 Å². The monoisotopic (exact) mass is 365 g/mol. The normalized spacial score (nSPS) is 11.7. The summed E-state index contributed by atoms with van der Waals surface area (Å²) in [7, 11) is 1.67. The second-order valence-electron chi connectivity index (χ2n) is 7.04. The molecule has 4 rings (SSSR count). The first-order valence-electron chi connectivity index (χ1n) is 9.16. The Morgan fingerprint density at radius 3 is 2.52 bits per heavy atom. The molecule has 0 aliphatic heterocycles. The van der Waals surface area contributed by atoms with Crippen LogP contribution < -0.4 is 11.2 Å². The number of nitrogens with zero attached hydrogens (tertiary/aromatic N) is 5. The van der Waals surface area contributed by atoms with E-state index in [0.29, 0.717) is 16.9 Å². The molecule has 3 heterocycles. The van der Waals surface area contributed by atoms with Gasteiger partial charge in [0.05, 0.1) is 6.54 Å². The van der Waals surface area contributed by atoms with Gasteiger partial charge in [0, 0.05) is 25.5 Å². The van der Waals surface area contributed by atoms with Crippen LogP contribution >= 0.6 is 0 Å². The predicted molar refractivity (Wildman–Crippen MR) is 105 cm³/mol. The van der Waals surface area contributed by atoms with Gasteiger partial charge in [0.1, 0.15) is 0 Å². The first-order chi connectivity index (χ1) is 12.9. The van der Waals surface area contributed by atoms with Crippen molar-refractivity contribution in [2.75, 3.05) is 0 Å². The van der Waals surface area contributed by atoms with Gasteiger partial charge in [0.15, 0.2) is 11.2 Å². The number of aromatic nitrogens is 5. The number of aryl methyl sites for hydroxylation is 4. The van der Waals surface area contributed by atoms with Gasteiger partial charge in [0.2, 0.25) is 5.78 Å². The summed E-state index contributed by atoms with van der Waals surface area (Å²) in [6, 6.07) is 7.79. The highest BCUT2D eigenvalue weighted by Crippen LogP contribution is 2.17. The average molecular weight is 365 g/mol. The highest BCUT2D eigenvalue weighted by Gasteiger charge is 2.20. The van der Waals surface area contributed by atoms with Gasteiger partial charge in [-0.05, 0) is 31.4 Å². The first-order valence-corrected chi connectivity index (χ1v) is 9.16. The fourth-order valence-corrected chi connectivity index (χ4v) is 3.65. The second-order valence-corrected chi connectivity index (χ2v) is 7.04. The van der Waals surface area contributed by atoms with Gasteiger partial charge in [0.25, 0.3) is 5.56 Å². The fourth-order valence-electron chi connectivity index (χ4n) is 3.65. The highest BCUT2D eigenvalue weighted by atomic mass is 16.2. The minimum absolute atomic E-state index is 0.246. The zero-order chi connectivity index (χ0) is 19.3. The summed E-state index contributed by atoms with van der Waals surface area (Å²) in [5, 5.41) is 0. The van der Waals surface area contributed by atoms with E-state index in [1.54, 1.807) is 7.05 Å². The molecule has 0 amide bonds. The van der Waals surface area contributed by atoms with Crippen LogP contribution in [0.5, 0.6) is 0 Å². The summed E-state index contributed by atoms with van der Waals surface area (Å²) in [5.74, 6) is 0.699. The third-order valence-corrected chi connectivity index (χ3v) is 5.18. The molecule has 27 heavy (non-hydrogen) atoms. The molecule has 7 heteroatoms. The molecule has 7 nitrogen and oxygen atoms in total.